The van der Waals surface area contributed by atoms with E-state index in [4.69, 9.17) is 14.2 Å². The monoisotopic (exact) mass is 421 g/mol. The molecule has 0 rings (SSSR count). The Hall–Kier alpha value is -1.18. The molecule has 0 aliphatic rings. The fraction of sp³-hybridized carbons (Fsp3) is 0.909. The summed E-state index contributed by atoms with van der Waals surface area (Å²) in [5.74, 6) is -0.475. The number of ether oxygens (including phenoxy) is 4. The van der Waals surface area contributed by atoms with Crippen molar-refractivity contribution in [3.63, 3.8) is 0 Å². The number of hydrogen-bond acceptors (Lipinski definition) is 7. The lowest BCUT2D eigenvalue weighted by atomic mass is 10.2. The van der Waals surface area contributed by atoms with Gasteiger partial charge in [-0.15, -0.1) is 0 Å². The molecule has 0 unspecified atom stereocenters. The Morgan fingerprint density at radius 2 is 1.21 bits per heavy atom. The average molecular weight is 422 g/mol. The summed E-state index contributed by atoms with van der Waals surface area (Å²) in [5, 5.41) is 0. The molecule has 0 saturated heterocycles. The highest BCUT2D eigenvalue weighted by molar-refractivity contribution is 5.70. The van der Waals surface area contributed by atoms with Crippen molar-refractivity contribution in [2.24, 2.45) is 0 Å². The van der Waals surface area contributed by atoms with Crippen molar-refractivity contribution >= 4 is 11.9 Å². The minimum Gasteiger partial charge on any atom is -0.467 e. The molecule has 0 aliphatic carbocycles. The average Bonchev–Trinajstić information content (AvgIpc) is 2.49. The Labute approximate surface area is 179 Å². The first-order valence-corrected chi connectivity index (χ1v) is 10.0. The third kappa shape index (κ3) is 38.1. The van der Waals surface area contributed by atoms with Crippen LogP contribution < -0.4 is 0 Å². The molecule has 0 fully saturated rings. The second-order valence-electron chi connectivity index (χ2n) is 9.68. The van der Waals surface area contributed by atoms with E-state index in [1.165, 1.54) is 7.11 Å². The van der Waals surface area contributed by atoms with Gasteiger partial charge < -0.3 is 23.8 Å². The lowest BCUT2D eigenvalue weighted by molar-refractivity contribution is -0.154. The predicted octanol–water partition coefficient (Wildman–Crippen LogP) is 4.08. The van der Waals surface area contributed by atoms with Crippen LogP contribution in [0.15, 0.2) is 0 Å². The van der Waals surface area contributed by atoms with Gasteiger partial charge in [-0.2, -0.15) is 0 Å². The first-order chi connectivity index (χ1) is 12.8. The van der Waals surface area contributed by atoms with Gasteiger partial charge in [0.2, 0.25) is 0 Å². The van der Waals surface area contributed by atoms with Crippen LogP contribution in [0.25, 0.3) is 0 Å². The van der Waals surface area contributed by atoms with Crippen LogP contribution in [0.5, 0.6) is 0 Å². The number of methoxy groups -OCH3 is 1. The largest absolute Gasteiger partial charge is 0.467 e. The molecule has 0 spiro atoms. The highest BCUT2D eigenvalue weighted by atomic mass is 16.6. The second kappa shape index (κ2) is 15.6. The van der Waals surface area contributed by atoms with Gasteiger partial charge in [0, 0.05) is 13.0 Å². The quantitative estimate of drug-likeness (QED) is 0.598. The van der Waals surface area contributed by atoms with Crippen molar-refractivity contribution < 1.29 is 28.5 Å². The summed E-state index contributed by atoms with van der Waals surface area (Å²) in [6.45, 7) is 21.1. The van der Waals surface area contributed by atoms with Crippen LogP contribution >= 0.6 is 0 Å². The van der Waals surface area contributed by atoms with Gasteiger partial charge in [-0.1, -0.05) is 6.92 Å². The fourth-order valence-electron chi connectivity index (χ4n) is 1.28. The SMILES string of the molecule is CCC(=O)OC(C)(C)C.CN(C)CCOC(C)(C)C.COC(=O)COC(C)(C)C. The van der Waals surface area contributed by atoms with E-state index < -0.39 is 0 Å². The van der Waals surface area contributed by atoms with Crippen molar-refractivity contribution in [1.82, 2.24) is 4.90 Å². The van der Waals surface area contributed by atoms with Crippen molar-refractivity contribution in [2.45, 2.75) is 92.5 Å². The summed E-state index contributed by atoms with van der Waals surface area (Å²) in [6.07, 6.45) is 0.456. The molecule has 0 aromatic heterocycles. The van der Waals surface area contributed by atoms with Crippen molar-refractivity contribution in [2.75, 3.05) is 41.0 Å². The minimum absolute atomic E-state index is 0.00993. The zero-order valence-corrected chi connectivity index (χ0v) is 21.2. The maximum atomic E-state index is 10.6. The van der Waals surface area contributed by atoms with Gasteiger partial charge in [0.1, 0.15) is 12.2 Å². The molecule has 176 valence electrons. The van der Waals surface area contributed by atoms with E-state index in [0.717, 1.165) is 13.2 Å². The summed E-state index contributed by atoms with van der Waals surface area (Å²) < 4.78 is 19.9. The van der Waals surface area contributed by atoms with Gasteiger partial charge in [-0.05, 0) is 76.4 Å². The number of carbonyl (C=O) groups is 2. The van der Waals surface area contributed by atoms with Gasteiger partial charge in [0.25, 0.3) is 0 Å². The van der Waals surface area contributed by atoms with Crippen LogP contribution in [0.1, 0.15) is 75.7 Å². The first kappa shape index (κ1) is 32.5. The van der Waals surface area contributed by atoms with Crippen molar-refractivity contribution in [3.8, 4) is 0 Å². The van der Waals surface area contributed by atoms with E-state index in [1.54, 1.807) is 6.92 Å². The highest BCUT2D eigenvalue weighted by Crippen LogP contribution is 2.07. The summed E-state index contributed by atoms with van der Waals surface area (Å²) in [5.41, 5.74) is -0.586. The lowest BCUT2D eigenvalue weighted by Gasteiger charge is -2.20. The molecule has 0 atom stereocenters. The molecule has 0 aromatic rings. The Balaban J connectivity index is -0.000000350. The van der Waals surface area contributed by atoms with Crippen molar-refractivity contribution in [3.05, 3.63) is 0 Å². The standard InChI is InChI=1S/C8H19NO.C7H14O3.C7H14O2/c1-8(2,3)10-7-6-9(4)5;1-7(2,3)10-5-6(8)9-4;1-5-6(8)9-7(2,3)4/h6-7H2,1-5H3;5H2,1-4H3;5H2,1-4H3. The van der Waals surface area contributed by atoms with Crippen molar-refractivity contribution in [1.29, 1.82) is 0 Å². The maximum absolute atomic E-state index is 10.6. The molecule has 0 bridgehead atoms. The molecule has 0 aliphatic heterocycles. The maximum Gasteiger partial charge on any atom is 0.331 e. The van der Waals surface area contributed by atoms with E-state index in [2.05, 4.69) is 30.4 Å². The Morgan fingerprint density at radius 3 is 1.45 bits per heavy atom. The van der Waals surface area contributed by atoms with E-state index >= 15 is 0 Å². The molecular formula is C22H47NO6. The predicted molar refractivity (Wildman–Crippen MR) is 118 cm³/mol. The van der Waals surface area contributed by atoms with Crippen LogP contribution in [-0.4, -0.2) is 74.6 Å². The van der Waals surface area contributed by atoms with Crippen LogP contribution in [-0.2, 0) is 28.5 Å². The Morgan fingerprint density at radius 1 is 0.759 bits per heavy atom. The Bertz CT molecular complexity index is 428. The van der Waals surface area contributed by atoms with Gasteiger partial charge in [0.15, 0.2) is 0 Å². The number of hydrogen-bond donors (Lipinski definition) is 0. The van der Waals surface area contributed by atoms with E-state index in [0.29, 0.717) is 6.42 Å². The summed E-state index contributed by atoms with van der Waals surface area (Å²) in [6, 6.07) is 0. The summed E-state index contributed by atoms with van der Waals surface area (Å²) in [4.78, 5) is 23.2. The molecule has 29 heavy (non-hydrogen) atoms. The molecular weight excluding hydrogens is 374 g/mol. The molecule has 7 nitrogen and oxygen atoms in total. The minimum atomic E-state index is -0.338. The molecule has 7 heteroatoms. The summed E-state index contributed by atoms with van der Waals surface area (Å²) >= 11 is 0. The zero-order valence-electron chi connectivity index (χ0n) is 21.2. The number of rotatable bonds is 6. The van der Waals surface area contributed by atoms with Crippen LogP contribution in [0.2, 0.25) is 0 Å². The highest BCUT2D eigenvalue weighted by Gasteiger charge is 2.14. The van der Waals surface area contributed by atoms with Crippen LogP contribution in [0.4, 0.5) is 0 Å². The zero-order chi connectivity index (χ0) is 23.9. The van der Waals surface area contributed by atoms with Crippen LogP contribution in [0.3, 0.4) is 0 Å². The van der Waals surface area contributed by atoms with E-state index in [-0.39, 0.29) is 35.3 Å². The van der Waals surface area contributed by atoms with Crippen LogP contribution in [0, 0.1) is 0 Å². The molecule has 0 saturated carbocycles. The molecule has 0 heterocycles. The van der Waals surface area contributed by atoms with Gasteiger partial charge >= 0.3 is 11.9 Å². The van der Waals surface area contributed by atoms with Gasteiger partial charge in [0.05, 0.1) is 24.9 Å². The smallest absolute Gasteiger partial charge is 0.331 e. The molecule has 0 radical (unpaired) electrons. The Kier molecular flexibility index (Phi) is 17.5. The number of carbonyl (C=O) groups excluding carboxylic acids is 2. The molecule has 0 N–H and O–H groups in total. The lowest BCUT2D eigenvalue weighted by Crippen LogP contribution is -2.25. The van der Waals surface area contributed by atoms with E-state index in [9.17, 15) is 9.59 Å². The number of esters is 2. The third-order valence-corrected chi connectivity index (χ3v) is 2.63. The normalized spacial score (nSPS) is 11.7. The fourth-order valence-corrected chi connectivity index (χ4v) is 1.28. The van der Waals surface area contributed by atoms with E-state index in [1.807, 2.05) is 55.6 Å². The number of nitrogens with zero attached hydrogens (tertiary/aromatic N) is 1. The van der Waals surface area contributed by atoms with Gasteiger partial charge in [-0.3, -0.25) is 4.79 Å². The molecule has 0 amide bonds. The van der Waals surface area contributed by atoms with Gasteiger partial charge in [-0.25, -0.2) is 4.79 Å². The third-order valence-electron chi connectivity index (χ3n) is 2.63. The second-order valence-corrected chi connectivity index (χ2v) is 9.68. The first-order valence-electron chi connectivity index (χ1n) is 10.0. The molecule has 0 aromatic carbocycles. The topological polar surface area (TPSA) is 74.3 Å². The summed E-state index contributed by atoms with van der Waals surface area (Å²) in [7, 11) is 5.44. The number of likely N-dealkylation sites (N-methyl/N-ethyl adjacent to an activating group) is 1.